The van der Waals surface area contributed by atoms with Gasteiger partial charge in [0.1, 0.15) is 4.60 Å². The third-order valence-corrected chi connectivity index (χ3v) is 4.80. The molecule has 102 valence electrons. The Kier molecular flexibility index (Phi) is 3.89. The molecule has 1 aliphatic carbocycles. The van der Waals surface area contributed by atoms with E-state index in [1.165, 1.54) is 30.4 Å². The van der Waals surface area contributed by atoms with Crippen LogP contribution in [-0.2, 0) is 0 Å². The highest BCUT2D eigenvalue weighted by Gasteiger charge is 2.27. The summed E-state index contributed by atoms with van der Waals surface area (Å²) in [6, 6.07) is 2.62. The van der Waals surface area contributed by atoms with Crippen LogP contribution in [0.1, 0.15) is 31.2 Å². The van der Waals surface area contributed by atoms with Crippen molar-refractivity contribution in [1.82, 2.24) is 10.3 Å². The number of piperidine rings is 1. The Morgan fingerprint density at radius 2 is 2.32 bits per heavy atom. The van der Waals surface area contributed by atoms with Gasteiger partial charge in [-0.2, -0.15) is 0 Å². The van der Waals surface area contributed by atoms with E-state index in [1.54, 1.807) is 7.11 Å². The van der Waals surface area contributed by atoms with E-state index in [0.717, 1.165) is 29.2 Å². The van der Waals surface area contributed by atoms with Crippen LogP contribution < -0.4 is 10.1 Å². The molecule has 2 heterocycles. The number of hydrogen-bond donors (Lipinski definition) is 1. The van der Waals surface area contributed by atoms with Crippen molar-refractivity contribution in [3.63, 3.8) is 0 Å². The topological polar surface area (TPSA) is 34.1 Å². The molecular formula is C15H19BrN2O. The van der Waals surface area contributed by atoms with Crippen LogP contribution >= 0.6 is 15.9 Å². The average Bonchev–Trinajstić information content (AvgIpc) is 2.47. The molecule has 2 aliphatic rings. The van der Waals surface area contributed by atoms with Crippen molar-refractivity contribution in [2.75, 3.05) is 13.7 Å². The Balaban J connectivity index is 1.87. The molecule has 0 bridgehead atoms. The van der Waals surface area contributed by atoms with Crippen LogP contribution in [0.3, 0.4) is 0 Å². The van der Waals surface area contributed by atoms with Gasteiger partial charge in [0, 0.05) is 12.2 Å². The van der Waals surface area contributed by atoms with Gasteiger partial charge in [0.15, 0.2) is 5.75 Å². The Morgan fingerprint density at radius 1 is 1.42 bits per heavy atom. The lowest BCUT2D eigenvalue weighted by molar-refractivity contribution is 0.298. The van der Waals surface area contributed by atoms with Crippen LogP contribution in [0, 0.1) is 5.92 Å². The minimum absolute atomic E-state index is 0.548. The lowest BCUT2D eigenvalue weighted by atomic mass is 9.79. The number of rotatable bonds is 2. The summed E-state index contributed by atoms with van der Waals surface area (Å²) in [6.45, 7) is 1.15. The van der Waals surface area contributed by atoms with Crippen LogP contribution in [-0.4, -0.2) is 24.7 Å². The lowest BCUT2D eigenvalue weighted by Gasteiger charge is -2.35. The maximum absolute atomic E-state index is 5.33. The van der Waals surface area contributed by atoms with Gasteiger partial charge in [-0.05, 0) is 71.3 Å². The fourth-order valence-corrected chi connectivity index (χ4v) is 3.50. The molecule has 3 nitrogen and oxygen atoms in total. The molecule has 3 rings (SSSR count). The number of hydrogen-bond acceptors (Lipinski definition) is 3. The predicted molar refractivity (Wildman–Crippen MR) is 80.2 cm³/mol. The second-order valence-electron chi connectivity index (χ2n) is 5.33. The molecule has 0 amide bonds. The SMILES string of the molecule is COc1cc(C2=C[C@@H]3NCCC[C@@H]3CC2)cnc1Br. The van der Waals surface area contributed by atoms with Crippen LogP contribution in [0.15, 0.2) is 22.9 Å². The maximum atomic E-state index is 5.33. The predicted octanol–water partition coefficient (Wildman–Crippen LogP) is 3.40. The largest absolute Gasteiger partial charge is 0.494 e. The smallest absolute Gasteiger partial charge is 0.152 e. The van der Waals surface area contributed by atoms with Crippen molar-refractivity contribution in [3.8, 4) is 5.75 Å². The van der Waals surface area contributed by atoms with Gasteiger partial charge in [-0.15, -0.1) is 0 Å². The zero-order valence-electron chi connectivity index (χ0n) is 11.2. The normalized spacial score (nSPS) is 26.5. The van der Waals surface area contributed by atoms with E-state index in [9.17, 15) is 0 Å². The first kappa shape index (κ1) is 13.1. The fraction of sp³-hybridized carbons (Fsp3) is 0.533. The molecule has 1 aromatic heterocycles. The highest BCUT2D eigenvalue weighted by atomic mass is 79.9. The van der Waals surface area contributed by atoms with Gasteiger partial charge in [-0.3, -0.25) is 0 Å². The Labute approximate surface area is 122 Å². The third kappa shape index (κ3) is 2.70. The van der Waals surface area contributed by atoms with Crippen molar-refractivity contribution in [2.45, 2.75) is 31.7 Å². The molecule has 0 spiro atoms. The second-order valence-corrected chi connectivity index (χ2v) is 6.08. The summed E-state index contributed by atoms with van der Waals surface area (Å²) in [6.07, 6.45) is 9.44. The van der Waals surface area contributed by atoms with Gasteiger partial charge >= 0.3 is 0 Å². The summed E-state index contributed by atoms with van der Waals surface area (Å²) < 4.78 is 6.10. The first-order valence-corrected chi connectivity index (χ1v) is 7.71. The highest BCUT2D eigenvalue weighted by molar-refractivity contribution is 9.10. The van der Waals surface area contributed by atoms with Gasteiger partial charge in [-0.1, -0.05) is 6.08 Å². The number of methoxy groups -OCH3 is 1. The summed E-state index contributed by atoms with van der Waals surface area (Å²) in [5, 5.41) is 3.62. The number of halogens is 1. The summed E-state index contributed by atoms with van der Waals surface area (Å²) in [4.78, 5) is 4.36. The summed E-state index contributed by atoms with van der Waals surface area (Å²) in [5.74, 6) is 1.62. The molecule has 4 heteroatoms. The van der Waals surface area contributed by atoms with Gasteiger partial charge < -0.3 is 10.1 Å². The summed E-state index contributed by atoms with van der Waals surface area (Å²) in [5.41, 5.74) is 2.58. The first-order valence-electron chi connectivity index (χ1n) is 6.92. The third-order valence-electron chi connectivity index (χ3n) is 4.20. The fourth-order valence-electron chi connectivity index (χ4n) is 3.13. The molecule has 19 heavy (non-hydrogen) atoms. The number of fused-ring (bicyclic) bond motifs is 1. The molecule has 0 radical (unpaired) electrons. The van der Waals surface area contributed by atoms with Crippen molar-refractivity contribution in [3.05, 3.63) is 28.5 Å². The molecular weight excluding hydrogens is 304 g/mol. The summed E-state index contributed by atoms with van der Waals surface area (Å²) in [7, 11) is 1.68. The van der Waals surface area contributed by atoms with Crippen molar-refractivity contribution in [2.24, 2.45) is 5.92 Å². The minimum Gasteiger partial charge on any atom is -0.494 e. The average molecular weight is 323 g/mol. The highest BCUT2D eigenvalue weighted by Crippen LogP contribution is 2.35. The molecule has 1 fully saturated rings. The Bertz CT molecular complexity index is 501. The number of aromatic nitrogens is 1. The molecule has 1 N–H and O–H groups in total. The Morgan fingerprint density at radius 3 is 3.16 bits per heavy atom. The standard InChI is InChI=1S/C15H19BrN2O/c1-19-14-8-12(9-18-15(14)16)11-5-4-10-3-2-6-17-13(10)7-11/h7-10,13,17H,2-6H2,1H3/t10-,13+/m1/s1. The lowest BCUT2D eigenvalue weighted by Crippen LogP contribution is -2.41. The first-order chi connectivity index (χ1) is 9.28. The van der Waals surface area contributed by atoms with E-state index >= 15 is 0 Å². The van der Waals surface area contributed by atoms with Crippen molar-refractivity contribution < 1.29 is 4.74 Å². The molecule has 0 aromatic carbocycles. The zero-order valence-corrected chi connectivity index (χ0v) is 12.7. The van der Waals surface area contributed by atoms with Crippen LogP contribution in [0.5, 0.6) is 5.75 Å². The van der Waals surface area contributed by atoms with E-state index in [4.69, 9.17) is 4.74 Å². The summed E-state index contributed by atoms with van der Waals surface area (Å²) >= 11 is 3.40. The molecule has 1 aliphatic heterocycles. The maximum Gasteiger partial charge on any atom is 0.152 e. The quantitative estimate of drug-likeness (QED) is 0.847. The van der Waals surface area contributed by atoms with E-state index in [2.05, 4.69) is 38.4 Å². The molecule has 1 aromatic rings. The molecule has 2 atom stereocenters. The van der Waals surface area contributed by atoms with E-state index in [1.807, 2.05) is 6.20 Å². The van der Waals surface area contributed by atoms with Crippen LogP contribution in [0.2, 0.25) is 0 Å². The van der Waals surface area contributed by atoms with Gasteiger partial charge in [-0.25, -0.2) is 4.98 Å². The van der Waals surface area contributed by atoms with Gasteiger partial charge in [0.2, 0.25) is 0 Å². The van der Waals surface area contributed by atoms with Crippen molar-refractivity contribution in [1.29, 1.82) is 0 Å². The molecule has 1 saturated heterocycles. The van der Waals surface area contributed by atoms with Crippen LogP contribution in [0.25, 0.3) is 5.57 Å². The molecule has 0 unspecified atom stereocenters. The number of pyridine rings is 1. The zero-order chi connectivity index (χ0) is 13.2. The van der Waals surface area contributed by atoms with Crippen molar-refractivity contribution >= 4 is 21.5 Å². The Hall–Kier alpha value is -0.870. The van der Waals surface area contributed by atoms with Gasteiger partial charge in [0.25, 0.3) is 0 Å². The number of nitrogens with zero attached hydrogens (tertiary/aromatic N) is 1. The second kappa shape index (κ2) is 5.63. The van der Waals surface area contributed by atoms with Crippen LogP contribution in [0.4, 0.5) is 0 Å². The molecule has 0 saturated carbocycles. The minimum atomic E-state index is 0.548. The number of nitrogens with one attached hydrogen (secondary N) is 1. The van der Waals surface area contributed by atoms with E-state index in [0.29, 0.717) is 6.04 Å². The number of allylic oxidation sites excluding steroid dienone is 1. The number of ether oxygens (including phenoxy) is 1. The monoisotopic (exact) mass is 322 g/mol. The van der Waals surface area contributed by atoms with E-state index < -0.39 is 0 Å². The van der Waals surface area contributed by atoms with Gasteiger partial charge in [0.05, 0.1) is 7.11 Å². The van der Waals surface area contributed by atoms with E-state index in [-0.39, 0.29) is 0 Å².